The Balaban J connectivity index is 1.36. The maximum absolute atomic E-state index is 12.9. The molecule has 0 spiro atoms. The number of nitrogens with zero attached hydrogens (tertiary/aromatic N) is 1. The molecule has 1 fully saturated rings. The van der Waals surface area contributed by atoms with E-state index in [9.17, 15) is 9.18 Å². The number of rotatable bonds is 7. The summed E-state index contributed by atoms with van der Waals surface area (Å²) in [7, 11) is 0. The summed E-state index contributed by atoms with van der Waals surface area (Å²) in [6, 6.07) is 16.9. The predicted octanol–water partition coefficient (Wildman–Crippen LogP) is 4.75. The number of benzene rings is 2. The largest absolute Gasteiger partial charge is 0.303 e. The molecule has 2 nitrogen and oxygen atoms in total. The summed E-state index contributed by atoms with van der Waals surface area (Å²) in [5, 5.41) is 0. The predicted molar refractivity (Wildman–Crippen MR) is 104 cm³/mol. The Bertz CT molecular complexity index is 716. The van der Waals surface area contributed by atoms with Crippen LogP contribution < -0.4 is 0 Å². The van der Waals surface area contributed by atoms with Gasteiger partial charge in [-0.1, -0.05) is 48.5 Å². The normalized spacial score (nSPS) is 16.2. The van der Waals surface area contributed by atoms with Crippen molar-refractivity contribution in [3.63, 3.8) is 0 Å². The second-order valence-corrected chi connectivity index (χ2v) is 7.08. The second-order valence-electron chi connectivity index (χ2n) is 7.08. The van der Waals surface area contributed by atoms with Crippen molar-refractivity contribution < 1.29 is 9.18 Å². The number of halogens is 1. The van der Waals surface area contributed by atoms with Gasteiger partial charge >= 0.3 is 0 Å². The van der Waals surface area contributed by atoms with E-state index in [1.165, 1.54) is 30.5 Å². The SMILES string of the molecule is O=C(C=Cc1ccc(F)cc1)CCN1CCC(Cc2ccccc2)CC1. The van der Waals surface area contributed by atoms with Crippen molar-refractivity contribution in [2.45, 2.75) is 25.7 Å². The molecule has 1 heterocycles. The molecule has 0 atom stereocenters. The molecular formula is C23H26FNO. The van der Waals surface area contributed by atoms with Crippen LogP contribution in [0.4, 0.5) is 4.39 Å². The fourth-order valence-electron chi connectivity index (χ4n) is 3.48. The van der Waals surface area contributed by atoms with Crippen LogP contribution in [0.5, 0.6) is 0 Å². The molecule has 26 heavy (non-hydrogen) atoms. The Hall–Kier alpha value is -2.26. The molecule has 1 aliphatic rings. The summed E-state index contributed by atoms with van der Waals surface area (Å²) >= 11 is 0. The number of hydrogen-bond donors (Lipinski definition) is 0. The van der Waals surface area contributed by atoms with Gasteiger partial charge in [0.15, 0.2) is 5.78 Å². The molecule has 3 rings (SSSR count). The van der Waals surface area contributed by atoms with Crippen molar-refractivity contribution in [3.8, 4) is 0 Å². The number of allylic oxidation sites excluding steroid dienone is 1. The van der Waals surface area contributed by atoms with Crippen LogP contribution in [0.2, 0.25) is 0 Å². The van der Waals surface area contributed by atoms with Crippen LogP contribution in [0.3, 0.4) is 0 Å². The first-order valence-electron chi connectivity index (χ1n) is 9.42. The fourth-order valence-corrected chi connectivity index (χ4v) is 3.48. The standard InChI is InChI=1S/C23H26FNO/c24-22-9-6-19(7-10-22)8-11-23(26)14-17-25-15-12-21(13-16-25)18-20-4-2-1-3-5-20/h1-11,21H,12-18H2. The summed E-state index contributed by atoms with van der Waals surface area (Å²) < 4.78 is 12.9. The first-order valence-corrected chi connectivity index (χ1v) is 9.42. The third-order valence-corrected chi connectivity index (χ3v) is 5.08. The number of likely N-dealkylation sites (tertiary alicyclic amines) is 1. The third kappa shape index (κ3) is 5.92. The molecule has 136 valence electrons. The number of ketones is 1. The summed E-state index contributed by atoms with van der Waals surface area (Å²) in [6.07, 6.45) is 7.47. The van der Waals surface area contributed by atoms with Gasteiger partial charge in [-0.15, -0.1) is 0 Å². The van der Waals surface area contributed by atoms with Crippen LogP contribution >= 0.6 is 0 Å². The van der Waals surface area contributed by atoms with Gasteiger partial charge in [0.25, 0.3) is 0 Å². The number of piperidine rings is 1. The van der Waals surface area contributed by atoms with Crippen molar-refractivity contribution in [1.29, 1.82) is 0 Å². The molecule has 0 saturated carbocycles. The van der Waals surface area contributed by atoms with Crippen LogP contribution in [0.1, 0.15) is 30.4 Å². The van der Waals surface area contributed by atoms with Crippen molar-refractivity contribution in [1.82, 2.24) is 4.90 Å². The van der Waals surface area contributed by atoms with E-state index in [-0.39, 0.29) is 11.6 Å². The topological polar surface area (TPSA) is 20.3 Å². The average Bonchev–Trinajstić information content (AvgIpc) is 2.68. The van der Waals surface area contributed by atoms with Gasteiger partial charge in [0.2, 0.25) is 0 Å². The zero-order chi connectivity index (χ0) is 18.2. The Morgan fingerprint density at radius 3 is 2.42 bits per heavy atom. The molecular weight excluding hydrogens is 325 g/mol. The van der Waals surface area contributed by atoms with E-state index in [1.807, 2.05) is 0 Å². The highest BCUT2D eigenvalue weighted by atomic mass is 19.1. The van der Waals surface area contributed by atoms with Gasteiger partial charge in [-0.3, -0.25) is 4.79 Å². The van der Waals surface area contributed by atoms with Crippen molar-refractivity contribution in [2.24, 2.45) is 5.92 Å². The van der Waals surface area contributed by atoms with Crippen LogP contribution in [0, 0.1) is 11.7 Å². The van der Waals surface area contributed by atoms with Crippen LogP contribution in [0.15, 0.2) is 60.7 Å². The first kappa shape index (κ1) is 18.5. The average molecular weight is 351 g/mol. The smallest absolute Gasteiger partial charge is 0.156 e. The minimum absolute atomic E-state index is 0.126. The van der Waals surface area contributed by atoms with Gasteiger partial charge in [-0.05, 0) is 67.6 Å². The van der Waals surface area contributed by atoms with Crippen LogP contribution in [0.25, 0.3) is 6.08 Å². The lowest BCUT2D eigenvalue weighted by atomic mass is 9.90. The molecule has 1 saturated heterocycles. The summed E-state index contributed by atoms with van der Waals surface area (Å²) in [6.45, 7) is 2.98. The van der Waals surface area contributed by atoms with E-state index < -0.39 is 0 Å². The van der Waals surface area contributed by atoms with E-state index in [0.29, 0.717) is 6.42 Å². The Morgan fingerprint density at radius 2 is 1.73 bits per heavy atom. The molecule has 0 N–H and O–H groups in total. The molecule has 3 heteroatoms. The summed E-state index contributed by atoms with van der Waals surface area (Å²) in [5.41, 5.74) is 2.27. The van der Waals surface area contributed by atoms with Gasteiger partial charge < -0.3 is 4.90 Å². The van der Waals surface area contributed by atoms with Crippen molar-refractivity contribution in [3.05, 3.63) is 77.6 Å². The summed E-state index contributed by atoms with van der Waals surface area (Å²) in [4.78, 5) is 14.4. The lowest BCUT2D eigenvalue weighted by Crippen LogP contribution is -2.35. The highest BCUT2D eigenvalue weighted by Crippen LogP contribution is 2.21. The minimum Gasteiger partial charge on any atom is -0.303 e. The monoisotopic (exact) mass is 351 g/mol. The molecule has 0 amide bonds. The molecule has 2 aromatic rings. The van der Waals surface area contributed by atoms with E-state index in [2.05, 4.69) is 35.2 Å². The highest BCUT2D eigenvalue weighted by Gasteiger charge is 2.19. The number of hydrogen-bond acceptors (Lipinski definition) is 2. The second kappa shape index (κ2) is 9.44. The number of carbonyl (C=O) groups excluding carboxylic acids is 1. The first-order chi connectivity index (χ1) is 12.7. The van der Waals surface area contributed by atoms with E-state index in [0.717, 1.165) is 37.5 Å². The highest BCUT2D eigenvalue weighted by molar-refractivity contribution is 5.93. The maximum atomic E-state index is 12.9. The van der Waals surface area contributed by atoms with Crippen LogP contribution in [-0.4, -0.2) is 30.3 Å². The van der Waals surface area contributed by atoms with Crippen molar-refractivity contribution >= 4 is 11.9 Å². The molecule has 0 aromatic heterocycles. The van der Waals surface area contributed by atoms with Gasteiger partial charge in [0, 0.05) is 13.0 Å². The van der Waals surface area contributed by atoms with Crippen molar-refractivity contribution in [2.75, 3.05) is 19.6 Å². The van der Waals surface area contributed by atoms with Gasteiger partial charge in [-0.2, -0.15) is 0 Å². The Kier molecular flexibility index (Phi) is 6.73. The molecule has 1 aliphatic heterocycles. The zero-order valence-electron chi connectivity index (χ0n) is 15.1. The van der Waals surface area contributed by atoms with Gasteiger partial charge in [0.1, 0.15) is 5.82 Å². The third-order valence-electron chi connectivity index (χ3n) is 5.08. The van der Waals surface area contributed by atoms with Gasteiger partial charge in [0.05, 0.1) is 0 Å². The lowest BCUT2D eigenvalue weighted by Gasteiger charge is -2.31. The Labute approximate surface area is 155 Å². The molecule has 0 aliphatic carbocycles. The molecule has 0 unspecified atom stereocenters. The Morgan fingerprint density at radius 1 is 1.04 bits per heavy atom. The maximum Gasteiger partial charge on any atom is 0.156 e. The molecule has 2 aromatic carbocycles. The van der Waals surface area contributed by atoms with Gasteiger partial charge in [-0.25, -0.2) is 4.39 Å². The lowest BCUT2D eigenvalue weighted by molar-refractivity contribution is -0.114. The number of carbonyl (C=O) groups is 1. The zero-order valence-corrected chi connectivity index (χ0v) is 15.1. The van der Waals surface area contributed by atoms with Crippen LogP contribution in [-0.2, 0) is 11.2 Å². The van der Waals surface area contributed by atoms with E-state index in [1.54, 1.807) is 24.3 Å². The van der Waals surface area contributed by atoms with E-state index in [4.69, 9.17) is 0 Å². The molecule has 0 bridgehead atoms. The fraction of sp³-hybridized carbons (Fsp3) is 0.348. The summed E-state index contributed by atoms with van der Waals surface area (Å²) in [5.74, 6) is 0.618. The minimum atomic E-state index is -0.260. The van der Waals surface area contributed by atoms with E-state index >= 15 is 0 Å². The quantitative estimate of drug-likeness (QED) is 0.671. The molecule has 0 radical (unpaired) electrons.